The molecule has 0 radical (unpaired) electrons. The fourth-order valence-electron chi connectivity index (χ4n) is 4.40. The zero-order chi connectivity index (χ0) is 20.7. The van der Waals surface area contributed by atoms with Gasteiger partial charge in [-0.1, -0.05) is 42.5 Å². The van der Waals surface area contributed by atoms with Crippen molar-refractivity contribution >= 4 is 16.8 Å². The van der Waals surface area contributed by atoms with Crippen LogP contribution in [0.4, 0.5) is 0 Å². The lowest BCUT2D eigenvalue weighted by atomic mass is 10.0. The third kappa shape index (κ3) is 3.10. The Hall–Kier alpha value is -3.37. The van der Waals surface area contributed by atoms with E-state index in [-0.39, 0.29) is 5.91 Å². The Labute approximate surface area is 176 Å². The number of carbonyl (C=O) groups excluding carboxylic acids is 1. The number of rotatable bonds is 3. The van der Waals surface area contributed by atoms with Crippen LogP contribution in [0, 0.1) is 0 Å². The molecule has 1 aromatic heterocycles. The van der Waals surface area contributed by atoms with E-state index in [2.05, 4.69) is 30.1 Å². The largest absolute Gasteiger partial charge is 0.497 e. The average Bonchev–Trinajstić information content (AvgIpc) is 3.12. The Kier molecular flexibility index (Phi) is 4.64. The van der Waals surface area contributed by atoms with Crippen LogP contribution in [-0.4, -0.2) is 36.1 Å². The van der Waals surface area contributed by atoms with Gasteiger partial charge in [0.1, 0.15) is 5.75 Å². The normalized spacial score (nSPS) is 13.9. The Morgan fingerprint density at radius 1 is 0.933 bits per heavy atom. The molecule has 0 unspecified atom stereocenters. The molecule has 5 rings (SSSR count). The van der Waals surface area contributed by atoms with Gasteiger partial charge in [0.2, 0.25) is 0 Å². The molecule has 0 aliphatic carbocycles. The first-order valence-corrected chi connectivity index (χ1v) is 10.2. The highest BCUT2D eigenvalue weighted by Gasteiger charge is 2.26. The van der Waals surface area contributed by atoms with Crippen LogP contribution < -0.4 is 4.74 Å². The van der Waals surface area contributed by atoms with Gasteiger partial charge in [0.25, 0.3) is 5.91 Å². The maximum atomic E-state index is 13.6. The van der Waals surface area contributed by atoms with Crippen LogP contribution >= 0.6 is 0 Å². The first kappa shape index (κ1) is 18.6. The highest BCUT2D eigenvalue weighted by atomic mass is 16.5. The Morgan fingerprint density at radius 2 is 1.67 bits per heavy atom. The first-order chi connectivity index (χ1) is 14.7. The van der Waals surface area contributed by atoms with E-state index in [9.17, 15) is 4.79 Å². The van der Waals surface area contributed by atoms with Crippen LogP contribution in [0.5, 0.6) is 5.75 Å². The fraction of sp³-hybridized carbons (Fsp3) is 0.192. The SMILES string of the molecule is COc1ccc2c(c1)c1c(n2C(=O)c2ccc(-c3ccccc3)cc2)CCN(C)C1. The van der Waals surface area contributed by atoms with Crippen molar-refractivity contribution in [2.75, 3.05) is 20.7 Å². The minimum absolute atomic E-state index is 0.0237. The van der Waals surface area contributed by atoms with Crippen molar-refractivity contribution in [2.24, 2.45) is 0 Å². The van der Waals surface area contributed by atoms with E-state index >= 15 is 0 Å². The minimum Gasteiger partial charge on any atom is -0.497 e. The van der Waals surface area contributed by atoms with Gasteiger partial charge in [-0.3, -0.25) is 9.36 Å². The summed E-state index contributed by atoms with van der Waals surface area (Å²) in [5, 5.41) is 1.10. The number of benzene rings is 3. The third-order valence-corrected chi connectivity index (χ3v) is 5.99. The number of hydrogen-bond acceptors (Lipinski definition) is 3. The third-order valence-electron chi connectivity index (χ3n) is 5.99. The van der Waals surface area contributed by atoms with Crippen molar-refractivity contribution in [3.05, 3.63) is 89.6 Å². The number of fused-ring (bicyclic) bond motifs is 3. The topological polar surface area (TPSA) is 34.5 Å². The number of likely N-dealkylation sites (N-methyl/N-ethyl adjacent to an activating group) is 1. The monoisotopic (exact) mass is 396 g/mol. The van der Waals surface area contributed by atoms with Crippen LogP contribution in [0.1, 0.15) is 21.6 Å². The van der Waals surface area contributed by atoms with Gasteiger partial charge >= 0.3 is 0 Å². The van der Waals surface area contributed by atoms with Crippen LogP contribution in [-0.2, 0) is 13.0 Å². The van der Waals surface area contributed by atoms with E-state index in [1.54, 1.807) is 7.11 Å². The second-order valence-corrected chi connectivity index (χ2v) is 7.88. The molecule has 1 aliphatic rings. The summed E-state index contributed by atoms with van der Waals surface area (Å²) in [6.07, 6.45) is 0.858. The number of carbonyl (C=O) groups is 1. The zero-order valence-corrected chi connectivity index (χ0v) is 17.3. The Morgan fingerprint density at radius 3 is 2.40 bits per heavy atom. The van der Waals surface area contributed by atoms with Crippen molar-refractivity contribution in [3.63, 3.8) is 0 Å². The molecule has 4 nitrogen and oxygen atoms in total. The summed E-state index contributed by atoms with van der Waals surface area (Å²) in [7, 11) is 3.80. The van der Waals surface area contributed by atoms with Crippen molar-refractivity contribution in [1.29, 1.82) is 0 Å². The molecule has 0 N–H and O–H groups in total. The molecule has 150 valence electrons. The maximum Gasteiger partial charge on any atom is 0.262 e. The standard InChI is InChI=1S/C26H24N2O2/c1-27-15-14-25-23(17-27)22-16-21(30-2)12-13-24(22)28(25)26(29)20-10-8-19(9-11-20)18-6-4-3-5-7-18/h3-13,16H,14-15,17H2,1-2H3. The Balaban J connectivity index is 1.60. The smallest absolute Gasteiger partial charge is 0.262 e. The van der Waals surface area contributed by atoms with Gasteiger partial charge in [-0.25, -0.2) is 0 Å². The lowest BCUT2D eigenvalue weighted by Crippen LogP contribution is -2.28. The number of hydrogen-bond donors (Lipinski definition) is 0. The fourth-order valence-corrected chi connectivity index (χ4v) is 4.40. The van der Waals surface area contributed by atoms with E-state index < -0.39 is 0 Å². The number of methoxy groups -OCH3 is 1. The van der Waals surface area contributed by atoms with Gasteiger partial charge in [0.15, 0.2) is 0 Å². The highest BCUT2D eigenvalue weighted by Crippen LogP contribution is 2.33. The zero-order valence-electron chi connectivity index (χ0n) is 17.3. The molecule has 0 atom stereocenters. The van der Waals surface area contributed by atoms with Crippen LogP contribution in [0.25, 0.3) is 22.0 Å². The van der Waals surface area contributed by atoms with E-state index in [1.165, 1.54) is 5.56 Å². The molecule has 4 aromatic rings. The lowest BCUT2D eigenvalue weighted by molar-refractivity contribution is 0.0960. The van der Waals surface area contributed by atoms with E-state index in [1.807, 2.05) is 59.2 Å². The second-order valence-electron chi connectivity index (χ2n) is 7.88. The maximum absolute atomic E-state index is 13.6. The van der Waals surface area contributed by atoms with Crippen LogP contribution in [0.15, 0.2) is 72.8 Å². The second kappa shape index (κ2) is 7.47. The van der Waals surface area contributed by atoms with Gasteiger partial charge in [-0.2, -0.15) is 0 Å². The summed E-state index contributed by atoms with van der Waals surface area (Å²) < 4.78 is 7.35. The summed E-state index contributed by atoms with van der Waals surface area (Å²) >= 11 is 0. The summed E-state index contributed by atoms with van der Waals surface area (Å²) in [4.78, 5) is 15.9. The van der Waals surface area contributed by atoms with Gasteiger partial charge in [0, 0.05) is 36.2 Å². The predicted octanol–water partition coefficient (Wildman–Crippen LogP) is 4.99. The molecule has 4 heteroatoms. The number of aromatic nitrogens is 1. The van der Waals surface area contributed by atoms with Crippen LogP contribution in [0.3, 0.4) is 0 Å². The van der Waals surface area contributed by atoms with E-state index in [0.717, 1.165) is 53.0 Å². The van der Waals surface area contributed by atoms with Crippen molar-refractivity contribution in [1.82, 2.24) is 9.47 Å². The van der Waals surface area contributed by atoms with Gasteiger partial charge in [0.05, 0.1) is 12.6 Å². The van der Waals surface area contributed by atoms with Gasteiger partial charge in [-0.05, 0) is 54.1 Å². The van der Waals surface area contributed by atoms with Gasteiger partial charge in [-0.15, -0.1) is 0 Å². The quantitative estimate of drug-likeness (QED) is 0.489. The first-order valence-electron chi connectivity index (χ1n) is 10.2. The molecule has 1 aliphatic heterocycles. The molecule has 0 spiro atoms. The van der Waals surface area contributed by atoms with Crippen LogP contribution in [0.2, 0.25) is 0 Å². The molecule has 0 saturated heterocycles. The summed E-state index contributed by atoms with van der Waals surface area (Å²) in [6.45, 7) is 1.78. The number of ether oxygens (including phenoxy) is 1. The van der Waals surface area contributed by atoms with Crippen molar-refractivity contribution < 1.29 is 9.53 Å². The highest BCUT2D eigenvalue weighted by molar-refractivity contribution is 6.04. The molecular formula is C26H24N2O2. The Bertz CT molecular complexity index is 1220. The van der Waals surface area contributed by atoms with Crippen molar-refractivity contribution in [3.8, 4) is 16.9 Å². The van der Waals surface area contributed by atoms with Gasteiger partial charge < -0.3 is 9.64 Å². The minimum atomic E-state index is 0.0237. The summed E-state index contributed by atoms with van der Waals surface area (Å²) in [5.41, 5.74) is 6.26. The lowest BCUT2D eigenvalue weighted by Gasteiger charge is -2.24. The molecule has 0 bridgehead atoms. The molecular weight excluding hydrogens is 372 g/mol. The molecule has 0 fully saturated rings. The van der Waals surface area contributed by atoms with E-state index in [4.69, 9.17) is 4.74 Å². The van der Waals surface area contributed by atoms with E-state index in [0.29, 0.717) is 5.56 Å². The molecule has 2 heterocycles. The summed E-state index contributed by atoms with van der Waals surface area (Å²) in [5.74, 6) is 0.839. The molecule has 30 heavy (non-hydrogen) atoms. The number of nitrogens with zero attached hydrogens (tertiary/aromatic N) is 2. The molecule has 0 saturated carbocycles. The average molecular weight is 396 g/mol. The van der Waals surface area contributed by atoms with Crippen molar-refractivity contribution in [2.45, 2.75) is 13.0 Å². The molecule has 0 amide bonds. The predicted molar refractivity (Wildman–Crippen MR) is 120 cm³/mol. The molecule has 3 aromatic carbocycles. The summed E-state index contributed by atoms with van der Waals surface area (Å²) in [6, 6.07) is 24.1.